The van der Waals surface area contributed by atoms with E-state index in [1.54, 1.807) is 0 Å². The normalized spacial score (nSPS) is 11.0. The zero-order valence-electron chi connectivity index (χ0n) is 13.7. The SMILES string of the molecule is Nn1c(CCN(CCc2n[nH]c(=S)n2N)c2ccc(Cl)cc2)n[nH]c1=S. The van der Waals surface area contributed by atoms with Crippen LogP contribution in [0.5, 0.6) is 0 Å². The lowest BCUT2D eigenvalue weighted by Crippen LogP contribution is -2.30. The van der Waals surface area contributed by atoms with Gasteiger partial charge in [-0.25, -0.2) is 9.35 Å². The molecule has 138 valence electrons. The third-order valence-corrected chi connectivity index (χ3v) is 4.79. The van der Waals surface area contributed by atoms with Gasteiger partial charge in [-0.3, -0.25) is 10.2 Å². The first-order chi connectivity index (χ1) is 12.5. The zero-order valence-corrected chi connectivity index (χ0v) is 16.1. The summed E-state index contributed by atoms with van der Waals surface area (Å²) in [5.74, 6) is 13.1. The van der Waals surface area contributed by atoms with Crippen LogP contribution in [0.15, 0.2) is 24.3 Å². The van der Waals surface area contributed by atoms with Crippen molar-refractivity contribution < 1.29 is 0 Å². The molecule has 0 spiro atoms. The molecule has 0 atom stereocenters. The maximum atomic E-state index is 6.00. The van der Waals surface area contributed by atoms with Crippen LogP contribution in [0.1, 0.15) is 11.6 Å². The van der Waals surface area contributed by atoms with E-state index in [0.717, 1.165) is 5.69 Å². The Morgan fingerprint density at radius 3 is 1.77 bits per heavy atom. The van der Waals surface area contributed by atoms with Crippen molar-refractivity contribution in [3.8, 4) is 0 Å². The molecule has 3 rings (SSSR count). The molecule has 0 bridgehead atoms. The van der Waals surface area contributed by atoms with Gasteiger partial charge in [0.1, 0.15) is 0 Å². The van der Waals surface area contributed by atoms with Crippen LogP contribution in [0, 0.1) is 9.54 Å². The smallest absolute Gasteiger partial charge is 0.214 e. The third-order valence-electron chi connectivity index (χ3n) is 3.96. The van der Waals surface area contributed by atoms with Crippen molar-refractivity contribution in [3.63, 3.8) is 0 Å². The first-order valence-electron chi connectivity index (χ1n) is 7.79. The van der Waals surface area contributed by atoms with Crippen molar-refractivity contribution in [1.82, 2.24) is 29.7 Å². The maximum Gasteiger partial charge on any atom is 0.214 e. The summed E-state index contributed by atoms with van der Waals surface area (Å²) in [6, 6.07) is 7.62. The average Bonchev–Trinajstić information content (AvgIpc) is 3.12. The fraction of sp³-hybridized carbons (Fsp3) is 0.286. The molecule has 3 aromatic rings. The summed E-state index contributed by atoms with van der Waals surface area (Å²) in [6.45, 7) is 1.35. The number of H-pyrrole nitrogens is 2. The molecule has 9 nitrogen and oxygen atoms in total. The monoisotopic (exact) mass is 411 g/mol. The largest absolute Gasteiger partial charge is 0.371 e. The molecule has 0 aliphatic heterocycles. The number of anilines is 1. The number of hydrogen-bond donors (Lipinski definition) is 4. The van der Waals surface area contributed by atoms with Crippen molar-refractivity contribution >= 4 is 41.7 Å². The molecular formula is C14H18ClN9S2. The lowest BCUT2D eigenvalue weighted by Gasteiger charge is -2.24. The molecule has 12 heteroatoms. The Bertz CT molecular complexity index is 927. The molecule has 0 saturated carbocycles. The van der Waals surface area contributed by atoms with Gasteiger partial charge in [0.05, 0.1) is 0 Å². The van der Waals surface area contributed by atoms with Gasteiger partial charge in [0, 0.05) is 36.6 Å². The summed E-state index contributed by atoms with van der Waals surface area (Å²) in [7, 11) is 0. The van der Waals surface area contributed by atoms with Gasteiger partial charge in [0.15, 0.2) is 11.6 Å². The second-order valence-corrected chi connectivity index (χ2v) is 6.80. The van der Waals surface area contributed by atoms with E-state index in [2.05, 4.69) is 25.3 Å². The number of rotatable bonds is 7. The lowest BCUT2D eigenvalue weighted by atomic mass is 10.2. The number of hydrogen-bond acceptors (Lipinski definition) is 7. The Labute approximate surface area is 164 Å². The second-order valence-electron chi connectivity index (χ2n) is 5.59. The highest BCUT2D eigenvalue weighted by Crippen LogP contribution is 2.18. The van der Waals surface area contributed by atoms with E-state index >= 15 is 0 Å². The van der Waals surface area contributed by atoms with Gasteiger partial charge in [-0.1, -0.05) is 11.6 Å². The Kier molecular flexibility index (Phi) is 5.59. The van der Waals surface area contributed by atoms with Crippen LogP contribution >= 0.6 is 36.0 Å². The van der Waals surface area contributed by atoms with Gasteiger partial charge < -0.3 is 16.6 Å². The van der Waals surface area contributed by atoms with Gasteiger partial charge in [-0.2, -0.15) is 10.2 Å². The Morgan fingerprint density at radius 1 is 0.923 bits per heavy atom. The van der Waals surface area contributed by atoms with Gasteiger partial charge in [-0.15, -0.1) is 0 Å². The predicted octanol–water partition coefficient (Wildman–Crippen LogP) is 1.57. The van der Waals surface area contributed by atoms with Crippen LogP contribution in [0.25, 0.3) is 0 Å². The minimum absolute atomic E-state index is 0.386. The van der Waals surface area contributed by atoms with Gasteiger partial charge in [-0.05, 0) is 48.7 Å². The number of nitrogens with one attached hydrogen (secondary N) is 2. The number of aromatic nitrogens is 6. The van der Waals surface area contributed by atoms with Crippen molar-refractivity contribution in [3.05, 3.63) is 50.5 Å². The number of nitrogens with zero attached hydrogens (tertiary/aromatic N) is 5. The quantitative estimate of drug-likeness (QED) is 0.343. The van der Waals surface area contributed by atoms with Crippen molar-refractivity contribution in [2.24, 2.45) is 0 Å². The highest BCUT2D eigenvalue weighted by atomic mass is 35.5. The van der Waals surface area contributed by atoms with Crippen LogP contribution in [0.4, 0.5) is 5.69 Å². The standard InChI is InChI=1S/C14H18ClN9S2/c15-9-1-3-10(4-2-9)22(7-5-11-18-20-13(25)23(11)16)8-6-12-19-21-14(26)24(12)17/h1-4H,5-8,16-17H2,(H,20,25)(H,21,26). The minimum atomic E-state index is 0.386. The first-order valence-corrected chi connectivity index (χ1v) is 8.98. The fourth-order valence-corrected chi connectivity index (χ4v) is 2.95. The van der Waals surface area contributed by atoms with E-state index in [9.17, 15) is 0 Å². The van der Waals surface area contributed by atoms with Crippen LogP contribution < -0.4 is 16.6 Å². The number of halogens is 1. The summed E-state index contributed by atoms with van der Waals surface area (Å²) in [6.07, 6.45) is 1.23. The summed E-state index contributed by atoms with van der Waals surface area (Å²) in [5, 5.41) is 14.3. The summed E-state index contributed by atoms with van der Waals surface area (Å²) in [5.41, 5.74) is 1.02. The Morgan fingerprint density at radius 2 is 1.38 bits per heavy atom. The summed E-state index contributed by atoms with van der Waals surface area (Å²) >= 11 is 16.1. The molecule has 0 fully saturated rings. The molecule has 2 heterocycles. The Hall–Kier alpha value is -2.37. The molecule has 0 radical (unpaired) electrons. The molecule has 1 aromatic carbocycles. The molecule has 0 saturated heterocycles. The van der Waals surface area contributed by atoms with E-state index in [4.69, 9.17) is 47.7 Å². The predicted molar refractivity (Wildman–Crippen MR) is 106 cm³/mol. The molecule has 0 amide bonds. The molecule has 0 aliphatic rings. The molecule has 0 aliphatic carbocycles. The van der Waals surface area contributed by atoms with E-state index in [-0.39, 0.29) is 0 Å². The molecule has 6 N–H and O–H groups in total. The van der Waals surface area contributed by atoms with E-state index in [1.807, 2.05) is 24.3 Å². The number of nitrogen functional groups attached to an aromatic ring is 2. The summed E-state index contributed by atoms with van der Waals surface area (Å²) in [4.78, 5) is 2.17. The van der Waals surface area contributed by atoms with Crippen LogP contribution in [-0.4, -0.2) is 42.8 Å². The lowest BCUT2D eigenvalue weighted by molar-refractivity contribution is 0.704. The maximum absolute atomic E-state index is 6.00. The van der Waals surface area contributed by atoms with Crippen molar-refractivity contribution in [2.75, 3.05) is 29.7 Å². The van der Waals surface area contributed by atoms with Crippen molar-refractivity contribution in [2.45, 2.75) is 12.8 Å². The number of nitrogens with two attached hydrogens (primary N) is 2. The minimum Gasteiger partial charge on any atom is -0.371 e. The van der Waals surface area contributed by atoms with Crippen LogP contribution in [0.3, 0.4) is 0 Å². The molecule has 0 unspecified atom stereocenters. The van der Waals surface area contributed by atoms with Gasteiger partial charge >= 0.3 is 0 Å². The van der Waals surface area contributed by atoms with Gasteiger partial charge in [0.2, 0.25) is 9.54 Å². The zero-order chi connectivity index (χ0) is 18.7. The highest BCUT2D eigenvalue weighted by molar-refractivity contribution is 7.71. The van der Waals surface area contributed by atoms with E-state index < -0.39 is 0 Å². The average molecular weight is 412 g/mol. The molecule has 2 aromatic heterocycles. The molecule has 26 heavy (non-hydrogen) atoms. The Balaban J connectivity index is 1.75. The number of benzene rings is 1. The van der Waals surface area contributed by atoms with E-state index in [0.29, 0.717) is 52.1 Å². The number of aromatic amines is 2. The van der Waals surface area contributed by atoms with Crippen LogP contribution in [-0.2, 0) is 12.8 Å². The first kappa shape index (κ1) is 18.4. The van der Waals surface area contributed by atoms with E-state index in [1.165, 1.54) is 9.35 Å². The molecular weight excluding hydrogens is 394 g/mol. The fourth-order valence-electron chi connectivity index (χ4n) is 2.52. The van der Waals surface area contributed by atoms with Crippen LogP contribution in [0.2, 0.25) is 5.02 Å². The summed E-state index contributed by atoms with van der Waals surface area (Å²) < 4.78 is 3.52. The highest BCUT2D eigenvalue weighted by Gasteiger charge is 2.12. The van der Waals surface area contributed by atoms with Crippen molar-refractivity contribution in [1.29, 1.82) is 0 Å². The third kappa shape index (κ3) is 4.06. The second kappa shape index (κ2) is 7.89. The topological polar surface area (TPSA) is 122 Å². The van der Waals surface area contributed by atoms with Gasteiger partial charge in [0.25, 0.3) is 0 Å².